The number of nitrogens with one attached hydrogen (secondary N) is 1. The maximum absolute atomic E-state index is 12.3. The van der Waals surface area contributed by atoms with Gasteiger partial charge in [-0.2, -0.15) is 5.10 Å². The number of anilines is 1. The van der Waals surface area contributed by atoms with Gasteiger partial charge in [0.1, 0.15) is 0 Å². The lowest BCUT2D eigenvalue weighted by molar-refractivity contribution is -0.116. The summed E-state index contributed by atoms with van der Waals surface area (Å²) in [6.07, 6.45) is 0.399. The highest BCUT2D eigenvalue weighted by Gasteiger charge is 2.09. The summed E-state index contributed by atoms with van der Waals surface area (Å²) in [6.45, 7) is 8.55. The van der Waals surface area contributed by atoms with Crippen LogP contribution in [0.4, 0.5) is 5.69 Å². The van der Waals surface area contributed by atoms with Crippen LogP contribution < -0.4 is 5.32 Å². The van der Waals surface area contributed by atoms with Crippen molar-refractivity contribution in [3.05, 3.63) is 52.3 Å². The van der Waals surface area contributed by atoms with Crippen LogP contribution in [0.15, 0.2) is 38.9 Å². The largest absolute Gasteiger partial charge is 0.326 e. The highest BCUT2D eigenvalue weighted by atomic mass is 32.2. The van der Waals surface area contributed by atoms with Crippen LogP contribution in [-0.4, -0.2) is 20.7 Å². The SMILES string of the molecule is Cc1csc(Sc2ccc(NC(=O)CCn3nc(C)cc3C)c(C)c2)n1. The minimum absolute atomic E-state index is 0.00314. The number of thiazole rings is 1. The molecule has 1 aromatic carbocycles. The number of carbonyl (C=O) groups is 1. The van der Waals surface area contributed by atoms with Crippen LogP contribution in [0.3, 0.4) is 0 Å². The average Bonchev–Trinajstić information content (AvgIpc) is 3.12. The molecule has 136 valence electrons. The first-order valence-corrected chi connectivity index (χ1v) is 10.1. The van der Waals surface area contributed by atoms with Gasteiger partial charge in [-0.25, -0.2) is 4.98 Å². The molecule has 0 saturated heterocycles. The second kappa shape index (κ2) is 8.05. The second-order valence-electron chi connectivity index (χ2n) is 6.28. The van der Waals surface area contributed by atoms with E-state index in [-0.39, 0.29) is 5.91 Å². The lowest BCUT2D eigenvalue weighted by Crippen LogP contribution is -2.16. The first-order chi connectivity index (χ1) is 12.4. The fourth-order valence-electron chi connectivity index (χ4n) is 2.64. The van der Waals surface area contributed by atoms with Crippen molar-refractivity contribution >= 4 is 34.7 Å². The Morgan fingerprint density at radius 2 is 2.00 bits per heavy atom. The summed E-state index contributed by atoms with van der Waals surface area (Å²) in [6, 6.07) is 8.07. The van der Waals surface area contributed by atoms with Gasteiger partial charge in [0.25, 0.3) is 0 Å². The summed E-state index contributed by atoms with van der Waals surface area (Å²) in [5, 5.41) is 9.44. The zero-order valence-corrected chi connectivity index (χ0v) is 17.0. The van der Waals surface area contributed by atoms with Crippen LogP contribution in [0.1, 0.15) is 29.1 Å². The third kappa shape index (κ3) is 4.74. The van der Waals surface area contributed by atoms with Crippen molar-refractivity contribution in [1.82, 2.24) is 14.8 Å². The highest BCUT2D eigenvalue weighted by molar-refractivity contribution is 8.01. The van der Waals surface area contributed by atoms with Gasteiger partial charge >= 0.3 is 0 Å². The Morgan fingerprint density at radius 3 is 2.62 bits per heavy atom. The molecule has 0 radical (unpaired) electrons. The van der Waals surface area contributed by atoms with Gasteiger partial charge < -0.3 is 5.32 Å². The highest BCUT2D eigenvalue weighted by Crippen LogP contribution is 2.32. The lowest BCUT2D eigenvalue weighted by Gasteiger charge is -2.10. The van der Waals surface area contributed by atoms with Crippen LogP contribution in [-0.2, 0) is 11.3 Å². The lowest BCUT2D eigenvalue weighted by atomic mass is 10.2. The van der Waals surface area contributed by atoms with E-state index in [0.717, 1.165) is 37.6 Å². The molecule has 3 aromatic rings. The molecule has 5 nitrogen and oxygen atoms in total. The topological polar surface area (TPSA) is 59.8 Å². The van der Waals surface area contributed by atoms with Crippen molar-refractivity contribution in [2.75, 3.05) is 5.32 Å². The number of nitrogens with zero attached hydrogens (tertiary/aromatic N) is 3. The summed E-state index contributed by atoms with van der Waals surface area (Å²) >= 11 is 3.29. The fourth-order valence-corrected chi connectivity index (χ4v) is 4.55. The molecule has 0 aliphatic carbocycles. The standard InChI is InChI=1S/C19H22N4OS2/c1-12-9-16(26-19-20-14(3)11-25-19)5-6-17(12)21-18(24)7-8-23-15(4)10-13(2)22-23/h5-6,9-11H,7-8H2,1-4H3,(H,21,24). The van der Waals surface area contributed by atoms with E-state index >= 15 is 0 Å². The smallest absolute Gasteiger partial charge is 0.226 e. The summed E-state index contributed by atoms with van der Waals surface area (Å²) in [4.78, 5) is 17.9. The van der Waals surface area contributed by atoms with Crippen molar-refractivity contribution in [2.45, 2.75) is 49.9 Å². The molecule has 1 amide bonds. The van der Waals surface area contributed by atoms with Gasteiger partial charge in [-0.3, -0.25) is 9.48 Å². The van der Waals surface area contributed by atoms with E-state index in [1.165, 1.54) is 0 Å². The van der Waals surface area contributed by atoms with Gasteiger partial charge in [-0.1, -0.05) is 11.8 Å². The third-order valence-electron chi connectivity index (χ3n) is 3.93. The van der Waals surface area contributed by atoms with Gasteiger partial charge in [0, 0.05) is 40.3 Å². The monoisotopic (exact) mass is 386 g/mol. The predicted octanol–water partition coefficient (Wildman–Crippen LogP) is 4.75. The van der Waals surface area contributed by atoms with Gasteiger partial charge in [-0.05, 0) is 57.5 Å². The fraction of sp³-hybridized carbons (Fsp3) is 0.316. The van der Waals surface area contributed by atoms with Crippen molar-refractivity contribution in [3.63, 3.8) is 0 Å². The van der Waals surface area contributed by atoms with E-state index in [2.05, 4.69) is 21.5 Å². The van der Waals surface area contributed by atoms with Crippen molar-refractivity contribution in [3.8, 4) is 0 Å². The molecular weight excluding hydrogens is 364 g/mol. The Hall–Kier alpha value is -2.12. The van der Waals surface area contributed by atoms with Crippen LogP contribution in [0, 0.1) is 27.7 Å². The number of hydrogen-bond donors (Lipinski definition) is 1. The molecule has 2 aromatic heterocycles. The second-order valence-corrected chi connectivity index (χ2v) is 8.46. The molecule has 0 fully saturated rings. The zero-order chi connectivity index (χ0) is 18.7. The number of amides is 1. The molecule has 0 atom stereocenters. The van der Waals surface area contributed by atoms with Crippen molar-refractivity contribution in [1.29, 1.82) is 0 Å². The molecule has 26 heavy (non-hydrogen) atoms. The van der Waals surface area contributed by atoms with Gasteiger partial charge in [0.05, 0.1) is 5.69 Å². The first kappa shape index (κ1) is 18.7. The molecule has 0 aliphatic rings. The molecule has 0 spiro atoms. The quantitative estimate of drug-likeness (QED) is 0.664. The molecule has 1 N–H and O–H groups in total. The van der Waals surface area contributed by atoms with Gasteiger partial charge in [0.2, 0.25) is 5.91 Å². The first-order valence-electron chi connectivity index (χ1n) is 8.42. The third-order valence-corrected chi connectivity index (χ3v) is 5.98. The molecule has 2 heterocycles. The molecular formula is C19H22N4OS2. The molecule has 0 unspecified atom stereocenters. The number of benzene rings is 1. The van der Waals surface area contributed by atoms with E-state index in [0.29, 0.717) is 13.0 Å². The number of carbonyl (C=O) groups excluding carboxylic acids is 1. The van der Waals surface area contributed by atoms with E-state index < -0.39 is 0 Å². The zero-order valence-electron chi connectivity index (χ0n) is 15.4. The number of aryl methyl sites for hydroxylation is 5. The Kier molecular flexibility index (Phi) is 5.78. The molecule has 0 saturated carbocycles. The van der Waals surface area contributed by atoms with E-state index in [4.69, 9.17) is 0 Å². The molecule has 3 rings (SSSR count). The van der Waals surface area contributed by atoms with Gasteiger partial charge in [-0.15, -0.1) is 11.3 Å². The minimum atomic E-state index is -0.00314. The Morgan fingerprint density at radius 1 is 1.19 bits per heavy atom. The van der Waals surface area contributed by atoms with Gasteiger partial charge in [0.15, 0.2) is 4.34 Å². The van der Waals surface area contributed by atoms with Crippen molar-refractivity contribution < 1.29 is 4.79 Å². The normalized spacial score (nSPS) is 10.9. The van der Waals surface area contributed by atoms with E-state index in [1.807, 2.05) is 56.0 Å². The van der Waals surface area contributed by atoms with Crippen LogP contribution in [0.5, 0.6) is 0 Å². The minimum Gasteiger partial charge on any atom is -0.326 e. The van der Waals surface area contributed by atoms with Crippen LogP contribution >= 0.6 is 23.1 Å². The summed E-state index contributed by atoms with van der Waals surface area (Å²) in [5.41, 5.74) is 4.99. The number of aromatic nitrogens is 3. The van der Waals surface area contributed by atoms with E-state index in [1.54, 1.807) is 23.1 Å². The molecule has 0 aliphatic heterocycles. The number of rotatable bonds is 6. The number of hydrogen-bond acceptors (Lipinski definition) is 5. The maximum Gasteiger partial charge on any atom is 0.226 e. The molecule has 7 heteroatoms. The van der Waals surface area contributed by atoms with Crippen LogP contribution in [0.25, 0.3) is 0 Å². The Bertz CT molecular complexity index is 930. The maximum atomic E-state index is 12.3. The molecule has 0 bridgehead atoms. The summed E-state index contributed by atoms with van der Waals surface area (Å²) in [7, 11) is 0. The van der Waals surface area contributed by atoms with Crippen molar-refractivity contribution in [2.24, 2.45) is 0 Å². The summed E-state index contributed by atoms with van der Waals surface area (Å²) in [5.74, 6) is -0.00314. The van der Waals surface area contributed by atoms with E-state index in [9.17, 15) is 4.79 Å². The summed E-state index contributed by atoms with van der Waals surface area (Å²) < 4.78 is 2.90. The Labute approximate surface area is 161 Å². The Balaban J connectivity index is 1.58. The average molecular weight is 387 g/mol. The predicted molar refractivity (Wildman–Crippen MR) is 107 cm³/mol. The van der Waals surface area contributed by atoms with Crippen LogP contribution in [0.2, 0.25) is 0 Å².